The van der Waals surface area contributed by atoms with Crippen LogP contribution in [0.1, 0.15) is 13.3 Å². The molecule has 0 saturated carbocycles. The van der Waals surface area contributed by atoms with Crippen LogP contribution in [-0.4, -0.2) is 23.4 Å². The maximum Gasteiger partial charge on any atom is 0.131 e. The van der Waals surface area contributed by atoms with E-state index in [4.69, 9.17) is 5.11 Å². The minimum absolute atomic E-state index is 0.164. The second-order valence-corrected chi connectivity index (χ2v) is 3.96. The van der Waals surface area contributed by atoms with Crippen molar-refractivity contribution in [3.8, 4) is 0 Å². The summed E-state index contributed by atoms with van der Waals surface area (Å²) in [5, 5.41) is 12.4. The Kier molecular flexibility index (Phi) is 3.69. The molecule has 0 aliphatic carbocycles. The van der Waals surface area contributed by atoms with Gasteiger partial charge in [0.1, 0.15) is 6.61 Å². The SMILES string of the molecule is CC([C]O)C1CNCC(S)C1. The smallest absolute Gasteiger partial charge is 0.131 e. The van der Waals surface area contributed by atoms with Crippen LogP contribution in [0.25, 0.3) is 0 Å². The lowest BCUT2D eigenvalue weighted by atomic mass is 9.88. The third kappa shape index (κ3) is 2.65. The quantitative estimate of drug-likeness (QED) is 0.543. The van der Waals surface area contributed by atoms with Crippen LogP contribution >= 0.6 is 12.6 Å². The molecule has 0 amide bonds. The lowest BCUT2D eigenvalue weighted by molar-refractivity contribution is 0.231. The van der Waals surface area contributed by atoms with Crippen LogP contribution in [0.4, 0.5) is 0 Å². The lowest BCUT2D eigenvalue weighted by Gasteiger charge is -2.30. The van der Waals surface area contributed by atoms with Crippen molar-refractivity contribution in [2.24, 2.45) is 11.8 Å². The first kappa shape index (κ1) is 9.36. The van der Waals surface area contributed by atoms with Crippen LogP contribution < -0.4 is 5.32 Å². The largest absolute Gasteiger partial charge is 0.383 e. The predicted molar refractivity (Wildman–Crippen MR) is 48.1 cm³/mol. The maximum atomic E-state index is 8.67. The molecule has 0 spiro atoms. The highest BCUT2D eigenvalue weighted by Gasteiger charge is 2.23. The minimum Gasteiger partial charge on any atom is -0.383 e. The van der Waals surface area contributed by atoms with Gasteiger partial charge in [-0.15, -0.1) is 0 Å². The summed E-state index contributed by atoms with van der Waals surface area (Å²) in [6.45, 7) is 6.23. The van der Waals surface area contributed by atoms with E-state index in [1.165, 1.54) is 0 Å². The third-order valence-electron chi connectivity index (χ3n) is 2.27. The van der Waals surface area contributed by atoms with Crippen molar-refractivity contribution >= 4 is 12.6 Å². The second-order valence-electron chi connectivity index (χ2n) is 3.23. The van der Waals surface area contributed by atoms with Gasteiger partial charge in [-0.2, -0.15) is 12.6 Å². The zero-order valence-corrected chi connectivity index (χ0v) is 7.64. The van der Waals surface area contributed by atoms with Crippen molar-refractivity contribution in [2.75, 3.05) is 13.1 Å². The fourth-order valence-corrected chi connectivity index (χ4v) is 1.84. The Morgan fingerprint density at radius 1 is 1.64 bits per heavy atom. The first-order chi connectivity index (χ1) is 5.24. The van der Waals surface area contributed by atoms with Gasteiger partial charge < -0.3 is 10.4 Å². The summed E-state index contributed by atoms with van der Waals surface area (Å²) in [6, 6.07) is 0. The van der Waals surface area contributed by atoms with Gasteiger partial charge in [0.2, 0.25) is 0 Å². The van der Waals surface area contributed by atoms with Gasteiger partial charge >= 0.3 is 0 Å². The standard InChI is InChI=1S/C8H15NOS/c1-6(5-10)7-2-8(11)4-9-3-7/h6-11H,2-4H2,1H3. The molecule has 1 aliphatic rings. The highest BCUT2D eigenvalue weighted by Crippen LogP contribution is 2.23. The van der Waals surface area contributed by atoms with Crippen LogP contribution in [0.3, 0.4) is 0 Å². The summed E-state index contributed by atoms with van der Waals surface area (Å²) in [7, 11) is 0. The maximum absolute atomic E-state index is 8.67. The Bertz CT molecular complexity index is 121. The van der Waals surface area contributed by atoms with Crippen molar-refractivity contribution in [1.29, 1.82) is 0 Å². The molecular formula is C8H15NOS. The molecule has 1 aliphatic heterocycles. The van der Waals surface area contributed by atoms with Gasteiger partial charge in [0.15, 0.2) is 0 Å². The van der Waals surface area contributed by atoms with Crippen molar-refractivity contribution in [2.45, 2.75) is 18.6 Å². The number of aliphatic hydroxyl groups excluding tert-OH is 1. The molecule has 0 bridgehead atoms. The summed E-state index contributed by atoms with van der Waals surface area (Å²) in [5.74, 6) is 0.661. The van der Waals surface area contributed by atoms with Crippen LogP contribution in [0.2, 0.25) is 0 Å². The lowest BCUT2D eigenvalue weighted by Crippen LogP contribution is -2.39. The zero-order chi connectivity index (χ0) is 8.27. The fourth-order valence-electron chi connectivity index (χ4n) is 1.44. The third-order valence-corrected chi connectivity index (χ3v) is 2.67. The molecule has 0 aromatic heterocycles. The van der Waals surface area contributed by atoms with Gasteiger partial charge in [-0.25, -0.2) is 0 Å². The van der Waals surface area contributed by atoms with Crippen LogP contribution in [-0.2, 0) is 0 Å². The number of piperidine rings is 1. The molecule has 2 nitrogen and oxygen atoms in total. The number of hydrogen-bond donors (Lipinski definition) is 3. The topological polar surface area (TPSA) is 32.3 Å². The molecule has 3 unspecified atom stereocenters. The summed E-state index contributed by atoms with van der Waals surface area (Å²) in [6.07, 6.45) is 1.07. The van der Waals surface area contributed by atoms with Crippen LogP contribution in [0, 0.1) is 18.4 Å². The average Bonchev–Trinajstić information content (AvgIpc) is 2.03. The molecule has 2 radical (unpaired) electrons. The van der Waals surface area contributed by atoms with E-state index in [1.54, 1.807) is 0 Å². The van der Waals surface area contributed by atoms with E-state index in [1.807, 2.05) is 6.92 Å². The summed E-state index contributed by atoms with van der Waals surface area (Å²) < 4.78 is 0. The van der Waals surface area contributed by atoms with E-state index in [2.05, 4.69) is 24.6 Å². The van der Waals surface area contributed by atoms with Gasteiger partial charge in [0.05, 0.1) is 0 Å². The molecule has 1 fully saturated rings. The first-order valence-electron chi connectivity index (χ1n) is 4.02. The summed E-state index contributed by atoms with van der Waals surface area (Å²) in [5.41, 5.74) is 0. The predicted octanol–water partition coefficient (Wildman–Crippen LogP) is 0.942. The molecule has 3 atom stereocenters. The Morgan fingerprint density at radius 3 is 2.91 bits per heavy atom. The Hall–Kier alpha value is 0.270. The molecule has 0 aromatic rings. The minimum atomic E-state index is 0.164. The van der Waals surface area contributed by atoms with Crippen LogP contribution in [0.5, 0.6) is 0 Å². The van der Waals surface area contributed by atoms with E-state index < -0.39 is 0 Å². The normalized spacial score (nSPS) is 35.2. The van der Waals surface area contributed by atoms with E-state index >= 15 is 0 Å². The van der Waals surface area contributed by atoms with Crippen molar-refractivity contribution in [3.63, 3.8) is 0 Å². The first-order valence-corrected chi connectivity index (χ1v) is 4.54. The van der Waals surface area contributed by atoms with E-state index in [0.29, 0.717) is 11.2 Å². The Morgan fingerprint density at radius 2 is 2.36 bits per heavy atom. The summed E-state index contributed by atoms with van der Waals surface area (Å²) in [4.78, 5) is 0. The highest BCUT2D eigenvalue weighted by molar-refractivity contribution is 7.81. The van der Waals surface area contributed by atoms with Crippen LogP contribution in [0.15, 0.2) is 0 Å². The Balaban J connectivity index is 2.33. The number of thiol groups is 1. The molecular weight excluding hydrogens is 158 g/mol. The van der Waals surface area contributed by atoms with Crippen molar-refractivity contribution in [1.82, 2.24) is 5.32 Å². The molecule has 11 heavy (non-hydrogen) atoms. The molecule has 1 rings (SSSR count). The van der Waals surface area contributed by atoms with Gasteiger partial charge in [-0.05, 0) is 24.8 Å². The number of hydrogen-bond acceptors (Lipinski definition) is 3. The molecule has 0 aromatic carbocycles. The number of nitrogens with one attached hydrogen (secondary N) is 1. The molecule has 1 saturated heterocycles. The highest BCUT2D eigenvalue weighted by atomic mass is 32.1. The average molecular weight is 173 g/mol. The molecule has 1 heterocycles. The molecule has 2 N–H and O–H groups in total. The monoisotopic (exact) mass is 173 g/mol. The second kappa shape index (κ2) is 4.33. The zero-order valence-electron chi connectivity index (χ0n) is 6.75. The summed E-state index contributed by atoms with van der Waals surface area (Å²) >= 11 is 4.38. The van der Waals surface area contributed by atoms with Gasteiger partial charge in [-0.1, -0.05) is 6.92 Å². The number of aliphatic hydroxyl groups is 1. The molecule has 3 heteroatoms. The Labute approximate surface area is 73.8 Å². The van der Waals surface area contributed by atoms with Gasteiger partial charge in [0, 0.05) is 11.8 Å². The van der Waals surface area contributed by atoms with Crippen molar-refractivity contribution < 1.29 is 5.11 Å². The van der Waals surface area contributed by atoms with Crippen molar-refractivity contribution in [3.05, 3.63) is 6.61 Å². The van der Waals surface area contributed by atoms with Gasteiger partial charge in [0.25, 0.3) is 0 Å². The van der Waals surface area contributed by atoms with E-state index in [-0.39, 0.29) is 5.92 Å². The van der Waals surface area contributed by atoms with Gasteiger partial charge in [-0.3, -0.25) is 0 Å². The van der Waals surface area contributed by atoms with E-state index in [9.17, 15) is 0 Å². The molecule has 64 valence electrons. The van der Waals surface area contributed by atoms with E-state index in [0.717, 1.165) is 19.5 Å². The number of rotatable bonds is 2. The fraction of sp³-hybridized carbons (Fsp3) is 0.875.